The van der Waals surface area contributed by atoms with Gasteiger partial charge < -0.3 is 28.7 Å². The Hall–Kier alpha value is -2.90. The van der Waals surface area contributed by atoms with E-state index in [0.717, 1.165) is 65.4 Å². The van der Waals surface area contributed by atoms with E-state index in [2.05, 4.69) is 82.6 Å². The highest BCUT2D eigenvalue weighted by Gasteiger charge is 2.32. The molecule has 0 amide bonds. The van der Waals surface area contributed by atoms with E-state index in [-0.39, 0.29) is 0 Å². The second-order valence-electron chi connectivity index (χ2n) is 11.1. The summed E-state index contributed by atoms with van der Waals surface area (Å²) in [6.45, 7) is 7.31. The van der Waals surface area contributed by atoms with Gasteiger partial charge in [-0.05, 0) is 59.4 Å². The summed E-state index contributed by atoms with van der Waals surface area (Å²) in [6.07, 6.45) is 3.37. The molecule has 4 atom stereocenters. The molecule has 198 valence electrons. The maximum absolute atomic E-state index is 5.50. The second kappa shape index (κ2) is 10.7. The van der Waals surface area contributed by atoms with E-state index in [1.807, 2.05) is 0 Å². The normalized spacial score (nSPS) is 24.6. The van der Waals surface area contributed by atoms with Gasteiger partial charge in [-0.1, -0.05) is 48.5 Å². The van der Waals surface area contributed by atoms with Gasteiger partial charge in [0.25, 0.3) is 0 Å². The molecule has 4 unspecified atom stereocenters. The Labute approximate surface area is 225 Å². The second-order valence-corrected chi connectivity index (χ2v) is 11.1. The van der Waals surface area contributed by atoms with Crippen LogP contribution in [0.5, 0.6) is 0 Å². The lowest BCUT2D eigenvalue weighted by atomic mass is 10.00. The number of epoxide rings is 4. The first-order chi connectivity index (χ1) is 18.7. The summed E-state index contributed by atoms with van der Waals surface area (Å²) in [5.41, 5.74) is 7.86. The molecule has 6 nitrogen and oxygen atoms in total. The predicted octanol–water partition coefficient (Wildman–Crippen LogP) is 4.08. The fourth-order valence-corrected chi connectivity index (χ4v) is 5.18. The molecule has 38 heavy (non-hydrogen) atoms. The highest BCUT2D eigenvalue weighted by molar-refractivity contribution is 5.51. The molecular formula is C32H36N2O4. The third-order valence-electron chi connectivity index (χ3n) is 7.72. The Kier molecular flexibility index (Phi) is 6.80. The standard InChI is InChI=1S/C32H36N2O4/c1-2-26(14-28(3-1)34(17-31-21-37-31)18-32-22-38-32)13-24-6-4-23(5-7-24)12-25-8-10-27(11-9-25)33(15-29-19-35-29)16-30-20-36-30/h1-11,14,29-32H,12-13,15-22H2. The predicted molar refractivity (Wildman–Crippen MR) is 148 cm³/mol. The quantitative estimate of drug-likeness (QED) is 0.304. The number of benzene rings is 3. The van der Waals surface area contributed by atoms with Crippen molar-refractivity contribution in [3.63, 3.8) is 0 Å². The van der Waals surface area contributed by atoms with Crippen LogP contribution in [-0.4, -0.2) is 77.0 Å². The van der Waals surface area contributed by atoms with Gasteiger partial charge in [0.15, 0.2) is 0 Å². The van der Waals surface area contributed by atoms with E-state index < -0.39 is 0 Å². The molecule has 0 spiro atoms. The number of nitrogens with zero attached hydrogens (tertiary/aromatic N) is 2. The molecule has 4 fully saturated rings. The zero-order chi connectivity index (χ0) is 25.3. The van der Waals surface area contributed by atoms with Gasteiger partial charge >= 0.3 is 0 Å². The molecule has 4 aliphatic heterocycles. The number of hydrogen-bond acceptors (Lipinski definition) is 6. The van der Waals surface area contributed by atoms with Crippen molar-refractivity contribution in [1.29, 1.82) is 0 Å². The van der Waals surface area contributed by atoms with Gasteiger partial charge in [0.2, 0.25) is 0 Å². The molecule has 0 radical (unpaired) electrons. The van der Waals surface area contributed by atoms with Gasteiger partial charge in [0.1, 0.15) is 0 Å². The van der Waals surface area contributed by atoms with Gasteiger partial charge in [-0.3, -0.25) is 0 Å². The topological polar surface area (TPSA) is 56.6 Å². The Morgan fingerprint density at radius 3 is 1.32 bits per heavy atom. The summed E-state index contributed by atoms with van der Waals surface area (Å²) >= 11 is 0. The fourth-order valence-electron chi connectivity index (χ4n) is 5.18. The highest BCUT2D eigenvalue weighted by Crippen LogP contribution is 2.26. The lowest BCUT2D eigenvalue weighted by Gasteiger charge is -2.24. The van der Waals surface area contributed by atoms with E-state index >= 15 is 0 Å². The molecule has 4 aliphatic rings. The van der Waals surface area contributed by atoms with E-state index in [4.69, 9.17) is 18.9 Å². The van der Waals surface area contributed by atoms with Crippen LogP contribution in [0.3, 0.4) is 0 Å². The van der Waals surface area contributed by atoms with Crippen molar-refractivity contribution in [3.05, 3.63) is 95.1 Å². The zero-order valence-electron chi connectivity index (χ0n) is 21.8. The smallest absolute Gasteiger partial charge is 0.0984 e. The highest BCUT2D eigenvalue weighted by atomic mass is 16.6. The van der Waals surface area contributed by atoms with E-state index in [1.165, 1.54) is 33.6 Å². The van der Waals surface area contributed by atoms with Gasteiger partial charge in [-0.15, -0.1) is 0 Å². The third-order valence-corrected chi connectivity index (χ3v) is 7.72. The van der Waals surface area contributed by atoms with Crippen LogP contribution in [0.2, 0.25) is 0 Å². The van der Waals surface area contributed by atoms with E-state index in [1.54, 1.807) is 0 Å². The van der Waals surface area contributed by atoms with Crippen LogP contribution < -0.4 is 9.80 Å². The maximum Gasteiger partial charge on any atom is 0.0984 e. The van der Waals surface area contributed by atoms with E-state index in [9.17, 15) is 0 Å². The minimum absolute atomic E-state index is 0.370. The van der Waals surface area contributed by atoms with Crippen LogP contribution in [0.4, 0.5) is 11.4 Å². The molecule has 0 saturated carbocycles. The van der Waals surface area contributed by atoms with E-state index in [0.29, 0.717) is 24.4 Å². The Morgan fingerprint density at radius 1 is 0.474 bits per heavy atom. The van der Waals surface area contributed by atoms with Crippen LogP contribution in [-0.2, 0) is 31.8 Å². The molecule has 0 aromatic heterocycles. The Bertz CT molecular complexity index is 1190. The molecular weight excluding hydrogens is 476 g/mol. The summed E-state index contributed by atoms with van der Waals surface area (Å²) in [5, 5.41) is 0. The minimum atomic E-state index is 0.370. The molecule has 6 heteroatoms. The van der Waals surface area contributed by atoms with Gasteiger partial charge in [0.05, 0.1) is 50.8 Å². The third kappa shape index (κ3) is 6.75. The maximum atomic E-state index is 5.50. The Morgan fingerprint density at radius 2 is 0.868 bits per heavy atom. The molecule has 4 heterocycles. The van der Waals surface area contributed by atoms with Crippen molar-refractivity contribution in [2.45, 2.75) is 37.3 Å². The number of rotatable bonds is 14. The summed E-state index contributed by atoms with van der Waals surface area (Å²) in [7, 11) is 0. The van der Waals surface area contributed by atoms with Crippen molar-refractivity contribution in [2.75, 3.05) is 62.4 Å². The number of anilines is 2. The van der Waals surface area contributed by atoms with Crippen molar-refractivity contribution in [2.24, 2.45) is 0 Å². The average molecular weight is 513 g/mol. The molecule has 4 saturated heterocycles. The lowest BCUT2D eigenvalue weighted by molar-refractivity contribution is 0.388. The molecule has 0 N–H and O–H groups in total. The average Bonchev–Trinajstić information content (AvgIpc) is 3.75. The molecule has 3 aromatic rings. The van der Waals surface area contributed by atoms with Gasteiger partial charge in [0, 0.05) is 37.6 Å². The lowest BCUT2D eigenvalue weighted by Crippen LogP contribution is -2.31. The monoisotopic (exact) mass is 512 g/mol. The van der Waals surface area contributed by atoms with Crippen molar-refractivity contribution >= 4 is 11.4 Å². The summed E-state index contributed by atoms with van der Waals surface area (Å²) in [6, 6.07) is 27.0. The first kappa shape index (κ1) is 24.2. The largest absolute Gasteiger partial charge is 0.371 e. The molecule has 0 aliphatic carbocycles. The van der Waals surface area contributed by atoms with Gasteiger partial charge in [-0.2, -0.15) is 0 Å². The fraction of sp³-hybridized carbons (Fsp3) is 0.438. The summed E-state index contributed by atoms with van der Waals surface area (Å²) in [5.74, 6) is 0. The SMILES string of the molecule is c1cc(Cc2ccc(Cc3ccc(N(CC4CO4)CC4CO4)cc3)cc2)cc(N(CC2CO2)CC2CO2)c1. The zero-order valence-corrected chi connectivity index (χ0v) is 21.8. The minimum Gasteiger partial charge on any atom is -0.371 e. The van der Waals surface area contributed by atoms with Crippen LogP contribution in [0, 0.1) is 0 Å². The molecule has 7 rings (SSSR count). The summed E-state index contributed by atoms with van der Waals surface area (Å²) in [4.78, 5) is 4.83. The van der Waals surface area contributed by atoms with Crippen LogP contribution >= 0.6 is 0 Å². The van der Waals surface area contributed by atoms with Crippen molar-refractivity contribution in [1.82, 2.24) is 0 Å². The van der Waals surface area contributed by atoms with Crippen LogP contribution in [0.25, 0.3) is 0 Å². The number of ether oxygens (including phenoxy) is 4. The van der Waals surface area contributed by atoms with Crippen LogP contribution in [0.15, 0.2) is 72.8 Å². The summed E-state index contributed by atoms with van der Waals surface area (Å²) < 4.78 is 21.9. The number of hydrogen-bond donors (Lipinski definition) is 0. The first-order valence-electron chi connectivity index (χ1n) is 14.0. The van der Waals surface area contributed by atoms with Crippen LogP contribution in [0.1, 0.15) is 22.3 Å². The molecule has 0 bridgehead atoms. The van der Waals surface area contributed by atoms with Crippen molar-refractivity contribution in [3.8, 4) is 0 Å². The van der Waals surface area contributed by atoms with Gasteiger partial charge in [-0.25, -0.2) is 0 Å². The molecule has 3 aromatic carbocycles. The first-order valence-corrected chi connectivity index (χ1v) is 14.0. The Balaban J connectivity index is 0.965. The van der Waals surface area contributed by atoms with Crippen molar-refractivity contribution < 1.29 is 18.9 Å².